The highest BCUT2D eigenvalue weighted by Crippen LogP contribution is 2.17. The first kappa shape index (κ1) is 11.1. The van der Waals surface area contributed by atoms with Crippen molar-refractivity contribution in [1.29, 1.82) is 0 Å². The van der Waals surface area contributed by atoms with E-state index in [2.05, 4.69) is 66.2 Å². The number of aryl methyl sites for hydroxylation is 1. The van der Waals surface area contributed by atoms with Gasteiger partial charge >= 0.3 is 0 Å². The molecule has 3 rings (SSSR count). The Morgan fingerprint density at radius 3 is 2.75 bits per heavy atom. The van der Waals surface area contributed by atoms with Gasteiger partial charge in [-0.3, -0.25) is 0 Å². The van der Waals surface area contributed by atoms with Gasteiger partial charge in [0.15, 0.2) is 12.4 Å². The molecule has 0 unspecified atom stereocenters. The molecule has 2 aromatic heterocycles. The van der Waals surface area contributed by atoms with Gasteiger partial charge < -0.3 is 17.0 Å². The van der Waals surface area contributed by atoms with E-state index in [1.165, 1.54) is 21.9 Å². The van der Waals surface area contributed by atoms with Gasteiger partial charge in [-0.25, -0.2) is 0 Å². The van der Waals surface area contributed by atoms with E-state index in [0.717, 1.165) is 0 Å². The third kappa shape index (κ3) is 1.69. The lowest BCUT2D eigenvalue weighted by molar-refractivity contribution is -0.510. The lowest BCUT2D eigenvalue weighted by atomic mass is 10.1. The quantitative estimate of drug-likeness (QED) is 0.398. The minimum atomic E-state index is 0. The van der Waals surface area contributed by atoms with Crippen molar-refractivity contribution in [2.45, 2.75) is 6.92 Å². The maximum Gasteiger partial charge on any atom is 0.211 e. The molecule has 2 heterocycles. The van der Waals surface area contributed by atoms with E-state index in [9.17, 15) is 0 Å². The predicted molar refractivity (Wildman–Crippen MR) is 61.8 cm³/mol. The first-order chi connectivity index (χ1) is 7.34. The summed E-state index contributed by atoms with van der Waals surface area (Å²) in [5, 5.41) is 2.63. The maximum atomic E-state index is 2.22. The van der Waals surface area contributed by atoms with Crippen LogP contribution in [0.5, 0.6) is 0 Å². The summed E-state index contributed by atoms with van der Waals surface area (Å²) in [5.74, 6) is 0. The van der Waals surface area contributed by atoms with Gasteiger partial charge in [-0.1, -0.05) is 18.2 Å². The largest absolute Gasteiger partial charge is 1.00 e. The Balaban J connectivity index is 0.000000963. The fourth-order valence-corrected chi connectivity index (χ4v) is 2.01. The summed E-state index contributed by atoms with van der Waals surface area (Å²) >= 11 is 0. The molecule has 0 radical (unpaired) electrons. The highest BCUT2D eigenvalue weighted by molar-refractivity contribution is 5.86. The number of nitrogens with zero attached hydrogens (tertiary/aromatic N) is 1. The summed E-state index contributed by atoms with van der Waals surface area (Å²) in [5.41, 5.74) is 2.56. The maximum absolute atomic E-state index is 2.22. The molecule has 0 spiro atoms. The van der Waals surface area contributed by atoms with E-state index in [-0.39, 0.29) is 17.0 Å². The molecule has 0 amide bonds. The standard InChI is InChI=1S/C14H12N.BrH/c1-11-5-4-6-12-9-13-7-2-3-8-15(13)10-14(11)12;/h2-10H,1H3;1H/q+1;/p-1. The lowest BCUT2D eigenvalue weighted by Gasteiger charge is -1.99. The van der Waals surface area contributed by atoms with E-state index < -0.39 is 0 Å². The third-order valence-corrected chi connectivity index (χ3v) is 2.85. The average Bonchev–Trinajstić information content (AvgIpc) is 2.27. The highest BCUT2D eigenvalue weighted by Gasteiger charge is 2.05. The number of aromatic nitrogens is 1. The van der Waals surface area contributed by atoms with Gasteiger partial charge in [-0.2, -0.15) is 4.40 Å². The van der Waals surface area contributed by atoms with Crippen LogP contribution in [0.3, 0.4) is 0 Å². The minimum absolute atomic E-state index is 0. The van der Waals surface area contributed by atoms with Gasteiger partial charge in [0, 0.05) is 23.6 Å². The number of pyridine rings is 2. The number of rotatable bonds is 0. The molecule has 0 fully saturated rings. The molecule has 0 bridgehead atoms. The van der Waals surface area contributed by atoms with Crippen LogP contribution in [-0.2, 0) is 0 Å². The van der Waals surface area contributed by atoms with Crippen molar-refractivity contribution in [3.8, 4) is 0 Å². The molecule has 0 saturated carbocycles. The summed E-state index contributed by atoms with van der Waals surface area (Å²) in [6.45, 7) is 2.15. The van der Waals surface area contributed by atoms with Crippen molar-refractivity contribution < 1.29 is 21.4 Å². The summed E-state index contributed by atoms with van der Waals surface area (Å²) in [4.78, 5) is 0. The SMILES string of the molecule is Cc1cccc2cc3cccc[n+]3cc12.[Br-]. The molecule has 0 aliphatic carbocycles. The average molecular weight is 274 g/mol. The Labute approximate surface area is 105 Å². The predicted octanol–water partition coefficient (Wildman–Crippen LogP) is -0.109. The van der Waals surface area contributed by atoms with Gasteiger partial charge in [0.05, 0.1) is 0 Å². The molecular formula is C14H12BrN. The zero-order valence-corrected chi connectivity index (χ0v) is 10.6. The van der Waals surface area contributed by atoms with Crippen molar-refractivity contribution in [3.05, 3.63) is 60.4 Å². The van der Waals surface area contributed by atoms with Gasteiger partial charge in [0.25, 0.3) is 0 Å². The number of fused-ring (bicyclic) bond motifs is 2. The fraction of sp³-hybridized carbons (Fsp3) is 0.0714. The molecule has 1 nitrogen and oxygen atoms in total. The third-order valence-electron chi connectivity index (χ3n) is 2.85. The molecule has 0 aliphatic heterocycles. The molecule has 0 atom stereocenters. The van der Waals surface area contributed by atoms with Crippen LogP contribution in [0.25, 0.3) is 16.3 Å². The van der Waals surface area contributed by atoms with Crippen LogP contribution in [0.2, 0.25) is 0 Å². The van der Waals surface area contributed by atoms with Crippen LogP contribution in [-0.4, -0.2) is 0 Å². The first-order valence-electron chi connectivity index (χ1n) is 5.14. The van der Waals surface area contributed by atoms with Crippen molar-refractivity contribution in [2.24, 2.45) is 0 Å². The van der Waals surface area contributed by atoms with E-state index >= 15 is 0 Å². The second kappa shape index (κ2) is 4.22. The first-order valence-corrected chi connectivity index (χ1v) is 5.14. The molecule has 16 heavy (non-hydrogen) atoms. The van der Waals surface area contributed by atoms with Crippen LogP contribution in [0.4, 0.5) is 0 Å². The molecule has 0 saturated heterocycles. The van der Waals surface area contributed by atoms with Crippen molar-refractivity contribution in [3.63, 3.8) is 0 Å². The summed E-state index contributed by atoms with van der Waals surface area (Å²) < 4.78 is 2.16. The van der Waals surface area contributed by atoms with Gasteiger partial charge in [0.2, 0.25) is 5.52 Å². The number of halogens is 1. The molecule has 1 aromatic carbocycles. The molecule has 0 N–H and O–H groups in total. The number of hydrogen-bond acceptors (Lipinski definition) is 0. The normalized spacial score (nSPS) is 10.3. The monoisotopic (exact) mass is 273 g/mol. The van der Waals surface area contributed by atoms with E-state index in [1.54, 1.807) is 0 Å². The molecular weight excluding hydrogens is 262 g/mol. The zero-order valence-electron chi connectivity index (χ0n) is 9.02. The van der Waals surface area contributed by atoms with Crippen LogP contribution < -0.4 is 21.4 Å². The number of hydrogen-bond donors (Lipinski definition) is 0. The van der Waals surface area contributed by atoms with Gasteiger partial charge in [-0.05, 0) is 23.9 Å². The Kier molecular flexibility index (Phi) is 2.92. The Morgan fingerprint density at radius 2 is 1.88 bits per heavy atom. The van der Waals surface area contributed by atoms with Crippen LogP contribution in [0.15, 0.2) is 54.9 Å². The topological polar surface area (TPSA) is 4.10 Å². The molecule has 3 aromatic rings. The van der Waals surface area contributed by atoms with Gasteiger partial charge in [-0.15, -0.1) is 0 Å². The van der Waals surface area contributed by atoms with E-state index in [1.807, 2.05) is 0 Å². The Hall–Kier alpha value is -1.41. The summed E-state index contributed by atoms with van der Waals surface area (Å²) in [6.07, 6.45) is 4.28. The highest BCUT2D eigenvalue weighted by atomic mass is 79.9. The van der Waals surface area contributed by atoms with Crippen LogP contribution >= 0.6 is 0 Å². The summed E-state index contributed by atoms with van der Waals surface area (Å²) in [7, 11) is 0. The second-order valence-electron chi connectivity index (χ2n) is 3.88. The number of benzene rings is 1. The van der Waals surface area contributed by atoms with Crippen molar-refractivity contribution in [1.82, 2.24) is 0 Å². The van der Waals surface area contributed by atoms with E-state index in [4.69, 9.17) is 0 Å². The van der Waals surface area contributed by atoms with Crippen LogP contribution in [0.1, 0.15) is 5.56 Å². The van der Waals surface area contributed by atoms with Crippen LogP contribution in [0, 0.1) is 6.92 Å². The summed E-state index contributed by atoms with van der Waals surface area (Å²) in [6, 6.07) is 14.9. The van der Waals surface area contributed by atoms with Crippen molar-refractivity contribution >= 4 is 16.3 Å². The Morgan fingerprint density at radius 1 is 1.00 bits per heavy atom. The lowest BCUT2D eigenvalue weighted by Crippen LogP contribution is -3.00. The van der Waals surface area contributed by atoms with E-state index in [0.29, 0.717) is 0 Å². The fourth-order valence-electron chi connectivity index (χ4n) is 2.01. The second-order valence-corrected chi connectivity index (χ2v) is 3.88. The molecule has 2 heteroatoms. The smallest absolute Gasteiger partial charge is 0.211 e. The Bertz CT molecular complexity index is 646. The zero-order chi connectivity index (χ0) is 10.3. The van der Waals surface area contributed by atoms with Crippen molar-refractivity contribution in [2.75, 3.05) is 0 Å². The molecule has 80 valence electrons. The minimum Gasteiger partial charge on any atom is -1.00 e. The molecule has 0 aliphatic rings. The van der Waals surface area contributed by atoms with Gasteiger partial charge in [0.1, 0.15) is 0 Å².